The molecule has 0 aliphatic heterocycles. The van der Waals surface area contributed by atoms with Gasteiger partial charge in [0.2, 0.25) is 0 Å². The first-order valence-corrected chi connectivity index (χ1v) is 7.01. The van der Waals surface area contributed by atoms with Crippen LogP contribution in [0, 0.1) is 5.92 Å². The highest BCUT2D eigenvalue weighted by molar-refractivity contribution is 5.95. The number of hydrogen-bond donors (Lipinski definition) is 3. The Hall–Kier alpha value is -1.71. The summed E-state index contributed by atoms with van der Waals surface area (Å²) < 4.78 is 0. The monoisotopic (exact) mass is 262 g/mol. The molecule has 19 heavy (non-hydrogen) atoms. The molecule has 4 N–H and O–H groups in total. The van der Waals surface area contributed by atoms with E-state index in [9.17, 15) is 9.90 Å². The van der Waals surface area contributed by atoms with Gasteiger partial charge in [0, 0.05) is 11.7 Å². The molecule has 0 heterocycles. The van der Waals surface area contributed by atoms with Crippen molar-refractivity contribution in [3.63, 3.8) is 0 Å². The van der Waals surface area contributed by atoms with E-state index in [2.05, 4.69) is 12.2 Å². The van der Waals surface area contributed by atoms with Gasteiger partial charge in [0.1, 0.15) is 0 Å². The predicted octanol–water partition coefficient (Wildman–Crippen LogP) is 3.35. The van der Waals surface area contributed by atoms with E-state index >= 15 is 0 Å². The van der Waals surface area contributed by atoms with Crippen molar-refractivity contribution in [3.8, 4) is 0 Å². The van der Waals surface area contributed by atoms with Gasteiger partial charge in [-0.05, 0) is 37.0 Å². The zero-order valence-corrected chi connectivity index (χ0v) is 11.4. The Morgan fingerprint density at radius 3 is 2.84 bits per heavy atom. The van der Waals surface area contributed by atoms with Gasteiger partial charge < -0.3 is 16.2 Å². The van der Waals surface area contributed by atoms with E-state index in [4.69, 9.17) is 5.73 Å². The fourth-order valence-corrected chi connectivity index (χ4v) is 2.95. The van der Waals surface area contributed by atoms with Crippen LogP contribution in [0.5, 0.6) is 0 Å². The van der Waals surface area contributed by atoms with E-state index < -0.39 is 5.97 Å². The number of anilines is 2. The van der Waals surface area contributed by atoms with Crippen LogP contribution >= 0.6 is 0 Å². The molecule has 0 radical (unpaired) electrons. The Balaban J connectivity index is 2.21. The average molecular weight is 262 g/mol. The fraction of sp³-hybridized carbons (Fsp3) is 0.533. The van der Waals surface area contributed by atoms with Crippen LogP contribution in [0.3, 0.4) is 0 Å². The maximum atomic E-state index is 11.2. The van der Waals surface area contributed by atoms with Crippen LogP contribution in [0.2, 0.25) is 0 Å². The van der Waals surface area contributed by atoms with Gasteiger partial charge in [-0.15, -0.1) is 0 Å². The Labute approximate surface area is 114 Å². The lowest BCUT2D eigenvalue weighted by molar-refractivity contribution is 0.0698. The van der Waals surface area contributed by atoms with Crippen molar-refractivity contribution in [2.45, 2.75) is 45.1 Å². The molecule has 2 atom stereocenters. The number of benzene rings is 1. The summed E-state index contributed by atoms with van der Waals surface area (Å²) in [5, 5.41) is 12.6. The molecule has 4 nitrogen and oxygen atoms in total. The van der Waals surface area contributed by atoms with Crippen molar-refractivity contribution >= 4 is 17.3 Å². The Kier molecular flexibility index (Phi) is 4.30. The highest BCUT2D eigenvalue weighted by atomic mass is 16.4. The normalized spacial score (nSPS) is 23.0. The molecule has 1 aliphatic rings. The summed E-state index contributed by atoms with van der Waals surface area (Å²) in [6.45, 7) is 2.20. The third-order valence-corrected chi connectivity index (χ3v) is 4.05. The number of rotatable bonds is 4. The quantitative estimate of drug-likeness (QED) is 0.727. The number of nitrogens with two attached hydrogens (primary N) is 1. The zero-order chi connectivity index (χ0) is 13.8. The third-order valence-electron chi connectivity index (χ3n) is 4.05. The van der Waals surface area contributed by atoms with Crippen LogP contribution in [0.25, 0.3) is 0 Å². The summed E-state index contributed by atoms with van der Waals surface area (Å²) in [6.07, 6.45) is 5.94. The lowest BCUT2D eigenvalue weighted by Gasteiger charge is -2.32. The smallest absolute Gasteiger partial charge is 0.337 e. The number of nitrogens with one attached hydrogen (secondary N) is 1. The number of nitrogen functional groups attached to an aromatic ring is 1. The summed E-state index contributed by atoms with van der Waals surface area (Å²) in [6, 6.07) is 5.29. The van der Waals surface area contributed by atoms with Gasteiger partial charge in [-0.25, -0.2) is 4.79 Å². The summed E-state index contributed by atoms with van der Waals surface area (Å²) in [7, 11) is 0. The maximum Gasteiger partial charge on any atom is 0.337 e. The van der Waals surface area contributed by atoms with Crippen molar-refractivity contribution in [2.75, 3.05) is 11.1 Å². The molecule has 0 amide bonds. The first-order chi connectivity index (χ1) is 9.11. The highest BCUT2D eigenvalue weighted by Gasteiger charge is 2.24. The minimum Gasteiger partial charge on any atom is -0.478 e. The van der Waals surface area contributed by atoms with Crippen molar-refractivity contribution in [3.05, 3.63) is 23.8 Å². The van der Waals surface area contributed by atoms with Gasteiger partial charge in [-0.2, -0.15) is 0 Å². The van der Waals surface area contributed by atoms with Gasteiger partial charge >= 0.3 is 5.97 Å². The Bertz CT molecular complexity index is 459. The molecule has 0 saturated heterocycles. The number of carboxylic acids is 1. The maximum absolute atomic E-state index is 11.2. The minimum atomic E-state index is -0.911. The molecular formula is C15H22N2O2. The van der Waals surface area contributed by atoms with Crippen molar-refractivity contribution in [2.24, 2.45) is 5.92 Å². The first kappa shape index (κ1) is 13.7. The molecule has 2 unspecified atom stereocenters. The van der Waals surface area contributed by atoms with E-state index in [0.29, 0.717) is 28.9 Å². The van der Waals surface area contributed by atoms with Crippen LogP contribution < -0.4 is 11.1 Å². The van der Waals surface area contributed by atoms with Crippen LogP contribution in [0.15, 0.2) is 18.2 Å². The second-order valence-electron chi connectivity index (χ2n) is 5.31. The van der Waals surface area contributed by atoms with Crippen LogP contribution in [0.4, 0.5) is 11.4 Å². The molecule has 1 aromatic rings. The van der Waals surface area contributed by atoms with Crippen LogP contribution in [0.1, 0.15) is 49.4 Å². The summed E-state index contributed by atoms with van der Waals surface area (Å²) >= 11 is 0. The topological polar surface area (TPSA) is 75.3 Å². The van der Waals surface area contributed by atoms with Crippen molar-refractivity contribution in [1.29, 1.82) is 0 Å². The van der Waals surface area contributed by atoms with Gasteiger partial charge in [0.05, 0.1) is 11.3 Å². The molecule has 0 aromatic heterocycles. The first-order valence-electron chi connectivity index (χ1n) is 7.01. The van der Waals surface area contributed by atoms with E-state index in [1.807, 2.05) is 0 Å². The predicted molar refractivity (Wildman–Crippen MR) is 77.5 cm³/mol. The summed E-state index contributed by atoms with van der Waals surface area (Å²) in [5.74, 6) is -0.289. The molecule has 1 aromatic carbocycles. The second kappa shape index (κ2) is 5.95. The number of hydrogen-bond acceptors (Lipinski definition) is 3. The van der Waals surface area contributed by atoms with Gasteiger partial charge in [-0.3, -0.25) is 0 Å². The van der Waals surface area contributed by atoms with E-state index in [-0.39, 0.29) is 0 Å². The van der Waals surface area contributed by atoms with Crippen LogP contribution in [-0.2, 0) is 0 Å². The lowest BCUT2D eigenvalue weighted by atomic mass is 9.82. The number of aromatic carboxylic acids is 1. The summed E-state index contributed by atoms with van der Waals surface area (Å²) in [4.78, 5) is 11.2. The number of carbonyl (C=O) groups is 1. The van der Waals surface area contributed by atoms with Crippen molar-refractivity contribution < 1.29 is 9.90 Å². The number of carboxylic acid groups (broad SMARTS) is 1. The van der Waals surface area contributed by atoms with E-state index in [1.54, 1.807) is 18.2 Å². The second-order valence-corrected chi connectivity index (χ2v) is 5.31. The molecule has 104 valence electrons. The largest absolute Gasteiger partial charge is 0.478 e. The highest BCUT2D eigenvalue weighted by Crippen LogP contribution is 2.31. The fourth-order valence-electron chi connectivity index (χ4n) is 2.95. The van der Waals surface area contributed by atoms with E-state index in [0.717, 1.165) is 12.8 Å². The Morgan fingerprint density at radius 2 is 2.16 bits per heavy atom. The molecule has 1 aliphatic carbocycles. The van der Waals surface area contributed by atoms with Gasteiger partial charge in [0.15, 0.2) is 0 Å². The minimum absolute atomic E-state index is 0.301. The van der Waals surface area contributed by atoms with E-state index in [1.165, 1.54) is 19.3 Å². The van der Waals surface area contributed by atoms with Crippen LogP contribution in [-0.4, -0.2) is 17.1 Å². The Morgan fingerprint density at radius 1 is 1.42 bits per heavy atom. The molecule has 1 fully saturated rings. The molecule has 0 bridgehead atoms. The zero-order valence-electron chi connectivity index (χ0n) is 11.4. The SMILES string of the molecule is CCC1CCCCC1Nc1cc(N)ccc1C(=O)O. The molecular weight excluding hydrogens is 240 g/mol. The average Bonchev–Trinajstić information content (AvgIpc) is 2.39. The standard InChI is InChI=1S/C15H22N2O2/c1-2-10-5-3-4-6-13(10)17-14-9-11(16)7-8-12(14)15(18)19/h7-10,13,17H,2-6,16H2,1H3,(H,18,19). The molecule has 2 rings (SSSR count). The lowest BCUT2D eigenvalue weighted by Crippen LogP contribution is -2.32. The molecule has 1 saturated carbocycles. The van der Waals surface area contributed by atoms with Gasteiger partial charge in [-0.1, -0.05) is 26.2 Å². The third kappa shape index (κ3) is 3.19. The van der Waals surface area contributed by atoms with Gasteiger partial charge in [0.25, 0.3) is 0 Å². The van der Waals surface area contributed by atoms with Crippen molar-refractivity contribution in [1.82, 2.24) is 0 Å². The molecule has 0 spiro atoms. The molecule has 4 heteroatoms. The summed E-state index contributed by atoms with van der Waals surface area (Å²) in [5.41, 5.74) is 7.31.